The third-order valence-electron chi connectivity index (χ3n) is 9.62. The summed E-state index contributed by atoms with van der Waals surface area (Å²) in [5.41, 5.74) is -2.86. The second-order valence-corrected chi connectivity index (χ2v) is 12.7. The number of nitrogens with one attached hydrogen (secondary N) is 1. The number of benzene rings is 3. The largest absolute Gasteiger partial charge is 0.416 e. The first-order valence-electron chi connectivity index (χ1n) is 15.3. The Balaban J connectivity index is 1.30. The van der Waals surface area contributed by atoms with Crippen LogP contribution in [-0.4, -0.2) is 40.6 Å². The number of nitrogens with zero attached hydrogens (tertiary/aromatic N) is 1. The van der Waals surface area contributed by atoms with Crippen LogP contribution in [0.4, 0.5) is 26.3 Å². The standard InChI is InChI=1S/C35H38F6N2O2/c1-24(26-20-28(34(36,37)38)22-29(21-26)35(39,40)41)31(44)42-33(27-10-6-3-7-11-27)14-12-30(13-15-33)43-18-16-32(45,17-19-43)23-25-8-4-2-5-9-25/h2-11,20-22,24,30,45H,12-19,23H2,1H3,(H,42,44)/t24?,30-,33-. The van der Waals surface area contributed by atoms with Crippen molar-refractivity contribution >= 4 is 5.91 Å². The smallest absolute Gasteiger partial charge is 0.389 e. The molecule has 242 valence electrons. The molecule has 1 heterocycles. The Hall–Kier alpha value is -3.37. The van der Waals surface area contributed by atoms with Crippen LogP contribution in [0, 0.1) is 0 Å². The highest BCUT2D eigenvalue weighted by atomic mass is 19.4. The Kier molecular flexibility index (Phi) is 9.38. The molecule has 1 aliphatic heterocycles. The zero-order valence-corrected chi connectivity index (χ0v) is 25.1. The minimum Gasteiger partial charge on any atom is -0.389 e. The molecule has 45 heavy (non-hydrogen) atoms. The van der Waals surface area contributed by atoms with Crippen LogP contribution in [0.25, 0.3) is 0 Å². The van der Waals surface area contributed by atoms with Gasteiger partial charge in [-0.2, -0.15) is 26.3 Å². The normalized spacial score (nSPS) is 23.3. The maximum Gasteiger partial charge on any atom is 0.416 e. The van der Waals surface area contributed by atoms with Gasteiger partial charge in [-0.15, -0.1) is 0 Å². The van der Waals surface area contributed by atoms with Gasteiger partial charge in [-0.05, 0) is 80.3 Å². The van der Waals surface area contributed by atoms with Crippen LogP contribution < -0.4 is 5.32 Å². The van der Waals surface area contributed by atoms with Gasteiger partial charge in [-0.1, -0.05) is 60.7 Å². The lowest BCUT2D eigenvalue weighted by atomic mass is 9.73. The quantitative estimate of drug-likeness (QED) is 0.261. The number of carbonyl (C=O) groups excluding carboxylic acids is 1. The van der Waals surface area contributed by atoms with Crippen molar-refractivity contribution in [2.45, 2.75) is 87.3 Å². The monoisotopic (exact) mass is 632 g/mol. The predicted molar refractivity (Wildman–Crippen MR) is 159 cm³/mol. The molecule has 3 aromatic carbocycles. The first-order valence-corrected chi connectivity index (χ1v) is 15.3. The maximum atomic E-state index is 13.6. The van der Waals surface area contributed by atoms with Crippen molar-refractivity contribution in [3.8, 4) is 0 Å². The fourth-order valence-electron chi connectivity index (χ4n) is 6.89. The lowest BCUT2D eigenvalue weighted by molar-refractivity contribution is -0.143. The van der Waals surface area contributed by atoms with Gasteiger partial charge in [0.25, 0.3) is 0 Å². The summed E-state index contributed by atoms with van der Waals surface area (Å²) in [6, 6.07) is 20.8. The topological polar surface area (TPSA) is 52.6 Å². The van der Waals surface area contributed by atoms with Crippen molar-refractivity contribution in [2.75, 3.05) is 13.1 Å². The number of alkyl halides is 6. The summed E-state index contributed by atoms with van der Waals surface area (Å²) in [7, 11) is 0. The number of aliphatic hydroxyl groups is 1. The molecule has 1 aliphatic carbocycles. The highest BCUT2D eigenvalue weighted by Crippen LogP contribution is 2.42. The van der Waals surface area contributed by atoms with Gasteiger partial charge in [0.1, 0.15) is 0 Å². The number of amides is 1. The molecule has 4 nitrogen and oxygen atoms in total. The molecule has 1 unspecified atom stereocenters. The summed E-state index contributed by atoms with van der Waals surface area (Å²) in [4.78, 5) is 16.0. The van der Waals surface area contributed by atoms with E-state index in [1.165, 1.54) is 6.92 Å². The highest BCUT2D eigenvalue weighted by Gasteiger charge is 2.43. The number of rotatable bonds is 7. The van der Waals surface area contributed by atoms with E-state index in [4.69, 9.17) is 0 Å². The van der Waals surface area contributed by atoms with Gasteiger partial charge < -0.3 is 15.3 Å². The van der Waals surface area contributed by atoms with Gasteiger partial charge in [0.15, 0.2) is 0 Å². The molecular weight excluding hydrogens is 594 g/mol. The zero-order valence-electron chi connectivity index (χ0n) is 25.1. The van der Waals surface area contributed by atoms with Crippen LogP contribution >= 0.6 is 0 Å². The lowest BCUT2D eigenvalue weighted by Crippen LogP contribution is -2.54. The van der Waals surface area contributed by atoms with Crippen molar-refractivity contribution in [3.63, 3.8) is 0 Å². The Morgan fingerprint density at radius 1 is 0.844 bits per heavy atom. The van der Waals surface area contributed by atoms with E-state index in [-0.39, 0.29) is 17.7 Å². The predicted octanol–water partition coefficient (Wildman–Crippen LogP) is 7.85. The summed E-state index contributed by atoms with van der Waals surface area (Å²) in [5.74, 6) is -1.88. The minimum atomic E-state index is -5.00. The van der Waals surface area contributed by atoms with Crippen molar-refractivity contribution in [1.82, 2.24) is 10.2 Å². The Morgan fingerprint density at radius 3 is 1.87 bits per heavy atom. The van der Waals surface area contributed by atoms with Gasteiger partial charge in [0.05, 0.1) is 28.2 Å². The fourth-order valence-corrected chi connectivity index (χ4v) is 6.89. The first-order chi connectivity index (χ1) is 21.2. The second kappa shape index (κ2) is 12.8. The average molecular weight is 633 g/mol. The molecule has 0 radical (unpaired) electrons. The fraction of sp³-hybridized carbons (Fsp3) is 0.457. The molecule has 3 aromatic rings. The SMILES string of the molecule is CC(C(=O)N[C@]1(c2ccccc2)CC[C@@H](N2CCC(O)(Cc3ccccc3)CC2)CC1)c1cc(C(F)(F)F)cc(C(F)(F)F)c1. The molecule has 0 spiro atoms. The molecule has 0 aromatic heterocycles. The molecular formula is C35H38F6N2O2. The van der Waals surface area contributed by atoms with Crippen molar-refractivity contribution in [3.05, 3.63) is 107 Å². The zero-order chi connectivity index (χ0) is 32.5. The molecule has 1 amide bonds. The molecule has 1 atom stereocenters. The van der Waals surface area contributed by atoms with Gasteiger partial charge in [-0.25, -0.2) is 0 Å². The third-order valence-corrected chi connectivity index (χ3v) is 9.62. The second-order valence-electron chi connectivity index (χ2n) is 12.7. The Bertz CT molecular complexity index is 1410. The van der Waals surface area contributed by atoms with Gasteiger partial charge in [-0.3, -0.25) is 4.79 Å². The number of hydrogen-bond acceptors (Lipinski definition) is 3. The van der Waals surface area contributed by atoms with E-state index in [0.717, 1.165) is 37.1 Å². The molecule has 0 bridgehead atoms. The average Bonchev–Trinajstić information content (AvgIpc) is 3.01. The lowest BCUT2D eigenvalue weighted by Gasteiger charge is -2.47. The molecule has 2 fully saturated rings. The number of hydrogen-bond donors (Lipinski definition) is 2. The van der Waals surface area contributed by atoms with Crippen LogP contribution in [0.5, 0.6) is 0 Å². The Labute approximate surface area is 259 Å². The van der Waals surface area contributed by atoms with E-state index < -0.39 is 46.4 Å². The molecule has 2 aliphatic rings. The van der Waals surface area contributed by atoms with Crippen molar-refractivity contribution in [1.29, 1.82) is 0 Å². The molecule has 2 N–H and O–H groups in total. The third kappa shape index (κ3) is 7.72. The van der Waals surface area contributed by atoms with E-state index in [0.29, 0.717) is 44.2 Å². The van der Waals surface area contributed by atoms with Crippen LogP contribution in [0.15, 0.2) is 78.9 Å². The van der Waals surface area contributed by atoms with Crippen molar-refractivity contribution < 1.29 is 36.2 Å². The summed E-state index contributed by atoms with van der Waals surface area (Å²) in [5, 5.41) is 14.3. The van der Waals surface area contributed by atoms with E-state index >= 15 is 0 Å². The van der Waals surface area contributed by atoms with Crippen LogP contribution in [0.1, 0.15) is 79.2 Å². The summed E-state index contributed by atoms with van der Waals surface area (Å²) < 4.78 is 81.0. The molecule has 1 saturated carbocycles. The van der Waals surface area contributed by atoms with Crippen LogP contribution in [-0.2, 0) is 29.1 Å². The van der Waals surface area contributed by atoms with Gasteiger partial charge in [0.2, 0.25) is 5.91 Å². The number of carbonyl (C=O) groups is 1. The summed E-state index contributed by atoms with van der Waals surface area (Å²) in [6.07, 6.45) is -5.51. The molecule has 1 saturated heterocycles. The molecule has 5 rings (SSSR count). The number of halogens is 6. The van der Waals surface area contributed by atoms with Gasteiger partial charge in [0, 0.05) is 25.6 Å². The summed E-state index contributed by atoms with van der Waals surface area (Å²) in [6.45, 7) is 2.82. The minimum absolute atomic E-state index is 0.0734. The van der Waals surface area contributed by atoms with Crippen molar-refractivity contribution in [2.24, 2.45) is 0 Å². The Morgan fingerprint density at radius 2 is 1.36 bits per heavy atom. The number of piperidine rings is 1. The van der Waals surface area contributed by atoms with E-state index in [2.05, 4.69) is 10.2 Å². The van der Waals surface area contributed by atoms with Gasteiger partial charge >= 0.3 is 12.4 Å². The van der Waals surface area contributed by atoms with E-state index in [1.54, 1.807) is 0 Å². The van der Waals surface area contributed by atoms with E-state index in [1.807, 2.05) is 60.7 Å². The van der Waals surface area contributed by atoms with Crippen LogP contribution in [0.3, 0.4) is 0 Å². The molecule has 10 heteroatoms. The van der Waals surface area contributed by atoms with E-state index in [9.17, 15) is 36.2 Å². The number of likely N-dealkylation sites (tertiary alicyclic amines) is 1. The first kappa shape index (κ1) is 33.0. The highest BCUT2D eigenvalue weighted by molar-refractivity contribution is 5.84. The summed E-state index contributed by atoms with van der Waals surface area (Å²) >= 11 is 0. The van der Waals surface area contributed by atoms with Crippen LogP contribution in [0.2, 0.25) is 0 Å². The maximum absolute atomic E-state index is 13.6.